The lowest BCUT2D eigenvalue weighted by molar-refractivity contribution is -0.00972. The van der Waals surface area contributed by atoms with Crippen LogP contribution in [0.5, 0.6) is 0 Å². The molecule has 0 saturated heterocycles. The zero-order valence-corrected chi connectivity index (χ0v) is 16.4. The van der Waals surface area contributed by atoms with Crippen LogP contribution in [-0.2, 0) is 0 Å². The van der Waals surface area contributed by atoms with Crippen molar-refractivity contribution >= 4 is 28.7 Å². The fourth-order valence-corrected chi connectivity index (χ4v) is 6.35. The van der Waals surface area contributed by atoms with Crippen molar-refractivity contribution in [2.75, 3.05) is 23.3 Å². The fourth-order valence-electron chi connectivity index (χ4n) is 6.01. The lowest BCUT2D eigenvalue weighted by Gasteiger charge is -2.57. The zero-order valence-electron chi connectivity index (χ0n) is 15.6. The minimum atomic E-state index is 0.278. The van der Waals surface area contributed by atoms with E-state index in [0.717, 1.165) is 41.6 Å². The maximum Gasteiger partial charge on any atom is 0.171 e. The molecule has 5 rings (SSSR count). The first-order valence-corrected chi connectivity index (χ1v) is 10.4. The number of rotatable bonds is 5. The Morgan fingerprint density at radius 1 is 1.00 bits per heavy atom. The molecular formula is C21H31N3S. The molecule has 25 heavy (non-hydrogen) atoms. The third kappa shape index (κ3) is 3.51. The van der Waals surface area contributed by atoms with E-state index in [0.29, 0.717) is 0 Å². The van der Waals surface area contributed by atoms with Crippen LogP contribution in [0.15, 0.2) is 24.3 Å². The van der Waals surface area contributed by atoms with E-state index >= 15 is 0 Å². The Bertz CT molecular complexity index is 585. The molecule has 4 aliphatic rings. The molecule has 136 valence electrons. The molecule has 4 bridgehead atoms. The summed E-state index contributed by atoms with van der Waals surface area (Å²) < 4.78 is 0. The second kappa shape index (κ2) is 6.79. The number of hydrogen-bond donors (Lipinski definition) is 2. The van der Waals surface area contributed by atoms with E-state index in [-0.39, 0.29) is 5.54 Å². The van der Waals surface area contributed by atoms with E-state index in [4.69, 9.17) is 12.2 Å². The second-order valence-corrected chi connectivity index (χ2v) is 8.90. The number of nitrogens with zero attached hydrogens (tertiary/aromatic N) is 1. The molecule has 1 aromatic carbocycles. The van der Waals surface area contributed by atoms with Crippen LogP contribution in [0, 0.1) is 17.8 Å². The molecule has 0 heterocycles. The fraction of sp³-hybridized carbons (Fsp3) is 0.667. The van der Waals surface area contributed by atoms with Crippen LogP contribution in [0.2, 0.25) is 0 Å². The maximum absolute atomic E-state index is 5.67. The van der Waals surface area contributed by atoms with Gasteiger partial charge < -0.3 is 15.5 Å². The van der Waals surface area contributed by atoms with Gasteiger partial charge in [-0.15, -0.1) is 0 Å². The first-order chi connectivity index (χ1) is 12.1. The topological polar surface area (TPSA) is 27.3 Å². The lowest BCUT2D eigenvalue weighted by atomic mass is 9.53. The molecule has 0 spiro atoms. The van der Waals surface area contributed by atoms with Crippen molar-refractivity contribution in [3.8, 4) is 0 Å². The van der Waals surface area contributed by atoms with E-state index in [1.807, 2.05) is 0 Å². The highest BCUT2D eigenvalue weighted by atomic mass is 32.1. The van der Waals surface area contributed by atoms with Gasteiger partial charge in [0, 0.05) is 30.0 Å². The van der Waals surface area contributed by atoms with Gasteiger partial charge in [-0.1, -0.05) is 0 Å². The summed E-state index contributed by atoms with van der Waals surface area (Å²) in [7, 11) is 0. The molecule has 0 radical (unpaired) electrons. The van der Waals surface area contributed by atoms with Crippen LogP contribution in [0.1, 0.15) is 52.4 Å². The number of benzene rings is 1. The quantitative estimate of drug-likeness (QED) is 0.741. The highest BCUT2D eigenvalue weighted by Crippen LogP contribution is 2.55. The van der Waals surface area contributed by atoms with Gasteiger partial charge in [0.05, 0.1) is 0 Å². The van der Waals surface area contributed by atoms with Gasteiger partial charge in [-0.05, 0) is 107 Å². The summed E-state index contributed by atoms with van der Waals surface area (Å²) in [6.07, 6.45) is 8.36. The van der Waals surface area contributed by atoms with Crippen LogP contribution < -0.4 is 15.5 Å². The van der Waals surface area contributed by atoms with Gasteiger partial charge in [-0.2, -0.15) is 0 Å². The second-order valence-electron chi connectivity index (χ2n) is 8.50. The molecule has 0 aliphatic heterocycles. The van der Waals surface area contributed by atoms with Crippen molar-refractivity contribution in [1.29, 1.82) is 0 Å². The highest BCUT2D eigenvalue weighted by Gasteiger charge is 2.51. The predicted molar refractivity (Wildman–Crippen MR) is 110 cm³/mol. The maximum atomic E-state index is 5.67. The standard InChI is InChI=1S/C21H31N3S/c1-3-24(4-2)19-7-5-18(6-8-19)22-20(25)23-21-12-15-9-16(13-21)11-17(10-15)14-21/h5-8,15-17H,3-4,9-14H2,1-2H3,(H2,22,23,25). The SMILES string of the molecule is CCN(CC)c1ccc(NC(=S)NC23CC4CC(CC(C4)C2)C3)cc1. The predicted octanol–water partition coefficient (Wildman–Crippen LogP) is 4.79. The molecule has 0 amide bonds. The Balaban J connectivity index is 1.38. The summed E-state index contributed by atoms with van der Waals surface area (Å²) in [4.78, 5) is 2.36. The van der Waals surface area contributed by atoms with Gasteiger partial charge in [-0.3, -0.25) is 0 Å². The molecular weight excluding hydrogens is 326 g/mol. The Labute approximate surface area is 157 Å². The molecule has 0 aromatic heterocycles. The number of nitrogens with one attached hydrogen (secondary N) is 2. The van der Waals surface area contributed by atoms with Crippen molar-refractivity contribution in [1.82, 2.24) is 5.32 Å². The van der Waals surface area contributed by atoms with E-state index in [1.54, 1.807) is 0 Å². The van der Waals surface area contributed by atoms with Gasteiger partial charge in [-0.25, -0.2) is 0 Å². The molecule has 2 N–H and O–H groups in total. The average Bonchev–Trinajstić information content (AvgIpc) is 2.55. The monoisotopic (exact) mass is 357 g/mol. The van der Waals surface area contributed by atoms with E-state index in [9.17, 15) is 0 Å². The molecule has 4 aliphatic carbocycles. The van der Waals surface area contributed by atoms with Gasteiger partial charge in [0.25, 0.3) is 0 Å². The van der Waals surface area contributed by atoms with Crippen LogP contribution in [0.4, 0.5) is 11.4 Å². The summed E-state index contributed by atoms with van der Waals surface area (Å²) in [6.45, 7) is 6.46. The lowest BCUT2D eigenvalue weighted by Crippen LogP contribution is -2.60. The van der Waals surface area contributed by atoms with Crippen LogP contribution in [0.25, 0.3) is 0 Å². The van der Waals surface area contributed by atoms with Crippen molar-refractivity contribution in [3.05, 3.63) is 24.3 Å². The first-order valence-electron chi connectivity index (χ1n) is 10.0. The molecule has 4 saturated carbocycles. The highest BCUT2D eigenvalue weighted by molar-refractivity contribution is 7.80. The average molecular weight is 358 g/mol. The molecule has 4 fully saturated rings. The Hall–Kier alpha value is -1.29. The summed E-state index contributed by atoms with van der Waals surface area (Å²) >= 11 is 5.67. The Morgan fingerprint density at radius 2 is 1.52 bits per heavy atom. The van der Waals surface area contributed by atoms with Crippen molar-refractivity contribution in [2.24, 2.45) is 17.8 Å². The van der Waals surface area contributed by atoms with E-state index < -0.39 is 0 Å². The first kappa shape index (κ1) is 17.1. The van der Waals surface area contributed by atoms with Crippen LogP contribution in [0.3, 0.4) is 0 Å². The van der Waals surface area contributed by atoms with Crippen molar-refractivity contribution in [2.45, 2.75) is 57.9 Å². The smallest absolute Gasteiger partial charge is 0.171 e. The summed E-state index contributed by atoms with van der Waals surface area (Å²) in [5, 5.41) is 7.97. The molecule has 3 nitrogen and oxygen atoms in total. The number of anilines is 2. The van der Waals surface area contributed by atoms with Gasteiger partial charge in [0.1, 0.15) is 0 Å². The van der Waals surface area contributed by atoms with Gasteiger partial charge in [0.15, 0.2) is 5.11 Å². The minimum absolute atomic E-state index is 0.278. The Morgan fingerprint density at radius 3 is 2.00 bits per heavy atom. The van der Waals surface area contributed by atoms with Crippen molar-refractivity contribution in [3.63, 3.8) is 0 Å². The van der Waals surface area contributed by atoms with Crippen LogP contribution >= 0.6 is 12.2 Å². The van der Waals surface area contributed by atoms with E-state index in [2.05, 4.69) is 53.6 Å². The van der Waals surface area contributed by atoms with Gasteiger partial charge in [0.2, 0.25) is 0 Å². The van der Waals surface area contributed by atoms with Crippen molar-refractivity contribution < 1.29 is 0 Å². The Kier molecular flexibility index (Phi) is 4.65. The van der Waals surface area contributed by atoms with Gasteiger partial charge >= 0.3 is 0 Å². The summed E-state index contributed by atoms with van der Waals surface area (Å²) in [5.74, 6) is 2.82. The molecule has 0 atom stereocenters. The minimum Gasteiger partial charge on any atom is -0.372 e. The third-order valence-electron chi connectivity index (χ3n) is 6.67. The normalized spacial score (nSPS) is 32.5. The number of thiocarbonyl (C=S) groups is 1. The third-order valence-corrected chi connectivity index (χ3v) is 6.87. The van der Waals surface area contributed by atoms with Crippen LogP contribution in [-0.4, -0.2) is 23.7 Å². The zero-order chi connectivity index (χ0) is 17.4. The van der Waals surface area contributed by atoms with E-state index in [1.165, 1.54) is 44.2 Å². The summed E-state index contributed by atoms with van der Waals surface area (Å²) in [5.41, 5.74) is 2.63. The summed E-state index contributed by atoms with van der Waals surface area (Å²) in [6, 6.07) is 8.65. The molecule has 0 unspecified atom stereocenters. The largest absolute Gasteiger partial charge is 0.372 e. The molecule has 4 heteroatoms. The molecule has 1 aromatic rings. The number of hydrogen-bond acceptors (Lipinski definition) is 2.